The van der Waals surface area contributed by atoms with Crippen LogP contribution in [0.2, 0.25) is 0 Å². The number of aliphatic carboxylic acids is 1. The van der Waals surface area contributed by atoms with Crippen molar-refractivity contribution >= 4 is 28.9 Å². The topological polar surface area (TPSA) is 103 Å². The van der Waals surface area contributed by atoms with E-state index in [1.165, 1.54) is 18.1 Å². The molecule has 1 atom stereocenters. The molecule has 9 heteroatoms. The molecule has 0 fully saturated rings. The summed E-state index contributed by atoms with van der Waals surface area (Å²) >= 11 is 1.19. The van der Waals surface area contributed by atoms with Gasteiger partial charge >= 0.3 is 5.97 Å². The van der Waals surface area contributed by atoms with Crippen LogP contribution in [0.4, 0.5) is 0 Å². The number of nitrogens with zero attached hydrogens (tertiary/aromatic N) is 5. The lowest BCUT2D eigenvalue weighted by atomic mass is 10.2. The van der Waals surface area contributed by atoms with Crippen molar-refractivity contribution in [3.63, 3.8) is 0 Å². The monoisotopic (exact) mass is 373 g/mol. The summed E-state index contributed by atoms with van der Waals surface area (Å²) in [5.74, 6) is -0.109. The maximum absolute atomic E-state index is 11.5. The van der Waals surface area contributed by atoms with E-state index in [9.17, 15) is 9.90 Å². The second-order valence-electron chi connectivity index (χ2n) is 5.64. The molecular weight excluding hydrogens is 354 g/mol. The minimum Gasteiger partial charge on any atom is -0.497 e. The Hall–Kier alpha value is -2.68. The van der Waals surface area contributed by atoms with Gasteiger partial charge in [0.1, 0.15) is 22.4 Å². The number of carbonyl (C=O) groups is 1. The Balaban J connectivity index is 1.93. The zero-order valence-electron chi connectivity index (χ0n) is 14.5. The lowest BCUT2D eigenvalue weighted by Crippen LogP contribution is -2.16. The van der Waals surface area contributed by atoms with Crippen molar-refractivity contribution in [1.29, 1.82) is 0 Å². The highest BCUT2D eigenvalue weighted by atomic mass is 32.2. The number of unbranched alkanes of at least 4 members (excludes halogenated alkanes) is 1. The summed E-state index contributed by atoms with van der Waals surface area (Å²) in [5, 5.41) is 17.7. The third-order valence-electron chi connectivity index (χ3n) is 3.87. The van der Waals surface area contributed by atoms with E-state index in [1.807, 2.05) is 31.2 Å². The lowest BCUT2D eigenvalue weighted by molar-refractivity contribution is -0.136. The normalized spacial score (nSPS) is 12.2. The quantitative estimate of drug-likeness (QED) is 0.475. The molecule has 0 spiro atoms. The molecule has 0 aliphatic rings. The van der Waals surface area contributed by atoms with Crippen LogP contribution in [0.1, 0.15) is 26.2 Å². The highest BCUT2D eigenvalue weighted by molar-refractivity contribution is 8.00. The molecule has 0 saturated carbocycles. The van der Waals surface area contributed by atoms with Gasteiger partial charge in [0.15, 0.2) is 11.2 Å². The van der Waals surface area contributed by atoms with Gasteiger partial charge in [-0.25, -0.2) is 9.97 Å². The summed E-state index contributed by atoms with van der Waals surface area (Å²) < 4.78 is 6.76. The number of carboxylic acids is 1. The highest BCUT2D eigenvalue weighted by Gasteiger charge is 2.22. The summed E-state index contributed by atoms with van der Waals surface area (Å²) in [6.45, 7) is 2.03. The van der Waals surface area contributed by atoms with Crippen LogP contribution in [0.5, 0.6) is 5.75 Å². The number of hydrogen-bond donors (Lipinski definition) is 1. The maximum Gasteiger partial charge on any atom is 0.317 e. The first-order valence-corrected chi connectivity index (χ1v) is 9.12. The molecule has 0 bridgehead atoms. The molecule has 0 aliphatic carbocycles. The largest absolute Gasteiger partial charge is 0.497 e. The van der Waals surface area contributed by atoms with Gasteiger partial charge in [0.25, 0.3) is 0 Å². The fourth-order valence-electron chi connectivity index (χ4n) is 2.47. The predicted molar refractivity (Wildman–Crippen MR) is 97.8 cm³/mol. The average molecular weight is 373 g/mol. The van der Waals surface area contributed by atoms with Gasteiger partial charge < -0.3 is 9.84 Å². The predicted octanol–water partition coefficient (Wildman–Crippen LogP) is 2.95. The summed E-state index contributed by atoms with van der Waals surface area (Å²) in [7, 11) is 1.61. The molecule has 1 aromatic carbocycles. The molecule has 0 saturated heterocycles. The van der Waals surface area contributed by atoms with E-state index < -0.39 is 11.2 Å². The second kappa shape index (κ2) is 8.13. The van der Waals surface area contributed by atoms with E-state index in [4.69, 9.17) is 4.74 Å². The second-order valence-corrected chi connectivity index (χ2v) is 6.83. The molecule has 2 aromatic heterocycles. The minimum absolute atomic E-state index is 0.496. The Morgan fingerprint density at radius 3 is 2.73 bits per heavy atom. The Morgan fingerprint density at radius 2 is 2.08 bits per heavy atom. The zero-order chi connectivity index (χ0) is 18.5. The van der Waals surface area contributed by atoms with Gasteiger partial charge in [-0.1, -0.05) is 36.7 Å². The fraction of sp³-hybridized carbons (Fsp3) is 0.353. The Kier molecular flexibility index (Phi) is 5.67. The van der Waals surface area contributed by atoms with Crippen molar-refractivity contribution in [1.82, 2.24) is 25.0 Å². The van der Waals surface area contributed by atoms with E-state index in [0.29, 0.717) is 22.6 Å². The van der Waals surface area contributed by atoms with E-state index in [2.05, 4.69) is 20.3 Å². The van der Waals surface area contributed by atoms with Crippen LogP contribution in [0.25, 0.3) is 16.9 Å². The van der Waals surface area contributed by atoms with E-state index >= 15 is 0 Å². The number of fused-ring (bicyclic) bond motifs is 1. The van der Waals surface area contributed by atoms with Crippen LogP contribution < -0.4 is 4.74 Å². The van der Waals surface area contributed by atoms with Crippen LogP contribution in [-0.2, 0) is 4.79 Å². The van der Waals surface area contributed by atoms with Gasteiger partial charge in [-0.05, 0) is 30.7 Å². The van der Waals surface area contributed by atoms with Crippen LogP contribution >= 0.6 is 11.8 Å². The van der Waals surface area contributed by atoms with Crippen molar-refractivity contribution in [2.24, 2.45) is 0 Å². The molecule has 3 rings (SSSR count). The molecule has 136 valence electrons. The van der Waals surface area contributed by atoms with Gasteiger partial charge in [-0.15, -0.1) is 5.10 Å². The Bertz CT molecular complexity index is 897. The number of rotatable bonds is 8. The number of benzene rings is 1. The minimum atomic E-state index is -0.849. The third-order valence-corrected chi connectivity index (χ3v) is 5.11. The van der Waals surface area contributed by atoms with Crippen LogP contribution in [0, 0.1) is 0 Å². The van der Waals surface area contributed by atoms with Crippen molar-refractivity contribution in [3.8, 4) is 11.4 Å². The van der Waals surface area contributed by atoms with Crippen LogP contribution in [-0.4, -0.2) is 48.4 Å². The number of methoxy groups -OCH3 is 1. The zero-order valence-corrected chi connectivity index (χ0v) is 15.3. The first-order valence-electron chi connectivity index (χ1n) is 8.24. The third kappa shape index (κ3) is 3.77. The molecule has 0 aliphatic heterocycles. The van der Waals surface area contributed by atoms with Crippen molar-refractivity contribution in [2.75, 3.05) is 7.11 Å². The summed E-state index contributed by atoms with van der Waals surface area (Å²) in [6.07, 6.45) is 3.77. The Morgan fingerprint density at radius 1 is 1.31 bits per heavy atom. The maximum atomic E-state index is 11.5. The molecule has 0 radical (unpaired) electrons. The number of aromatic nitrogens is 5. The molecule has 0 unspecified atom stereocenters. The van der Waals surface area contributed by atoms with Crippen molar-refractivity contribution < 1.29 is 14.6 Å². The molecule has 3 aromatic rings. The van der Waals surface area contributed by atoms with Crippen LogP contribution in [0.3, 0.4) is 0 Å². The molecular formula is C17H19N5O3S. The summed E-state index contributed by atoms with van der Waals surface area (Å²) in [4.78, 5) is 20.0. The summed E-state index contributed by atoms with van der Waals surface area (Å²) in [5.41, 5.74) is 1.81. The van der Waals surface area contributed by atoms with E-state index in [-0.39, 0.29) is 0 Å². The fourth-order valence-corrected chi connectivity index (χ4v) is 3.48. The average Bonchev–Trinajstić information content (AvgIpc) is 3.10. The molecule has 26 heavy (non-hydrogen) atoms. The number of thioether (sulfide) groups is 1. The molecule has 8 nitrogen and oxygen atoms in total. The Labute approximate surface area is 154 Å². The number of carboxylic acid groups (broad SMARTS) is 1. The molecule has 1 N–H and O–H groups in total. The van der Waals surface area contributed by atoms with Gasteiger partial charge in [0.05, 0.1) is 12.8 Å². The lowest BCUT2D eigenvalue weighted by Gasteiger charge is -2.10. The van der Waals surface area contributed by atoms with E-state index in [0.717, 1.165) is 24.3 Å². The number of ether oxygens (including phenoxy) is 1. The summed E-state index contributed by atoms with van der Waals surface area (Å²) in [6, 6.07) is 7.35. The van der Waals surface area contributed by atoms with Crippen molar-refractivity contribution in [2.45, 2.75) is 36.5 Å². The molecule has 0 amide bonds. The standard InChI is InChI=1S/C17H19N5O3S/c1-3-4-5-13(17(23)24)26-16-14-15(18-10-19-16)22(21-20-14)11-6-8-12(25-2)9-7-11/h6-10,13H,3-5H2,1-2H3,(H,23,24)/t13-/m1/s1. The van der Waals surface area contributed by atoms with Gasteiger partial charge in [0.2, 0.25) is 0 Å². The first kappa shape index (κ1) is 18.1. The van der Waals surface area contributed by atoms with Gasteiger partial charge in [0, 0.05) is 0 Å². The van der Waals surface area contributed by atoms with Crippen molar-refractivity contribution in [3.05, 3.63) is 30.6 Å². The molecule has 2 heterocycles. The van der Waals surface area contributed by atoms with E-state index in [1.54, 1.807) is 11.8 Å². The van der Waals surface area contributed by atoms with Gasteiger partial charge in [-0.2, -0.15) is 4.68 Å². The number of hydrogen-bond acceptors (Lipinski definition) is 7. The highest BCUT2D eigenvalue weighted by Crippen LogP contribution is 2.30. The van der Waals surface area contributed by atoms with Gasteiger partial charge in [-0.3, -0.25) is 4.79 Å². The first-order chi connectivity index (χ1) is 12.6. The van der Waals surface area contributed by atoms with Crippen LogP contribution in [0.15, 0.2) is 35.6 Å². The SMILES string of the molecule is CCCC[C@@H](Sc1ncnc2c1nnn2-c1ccc(OC)cc1)C(=O)O. The smallest absolute Gasteiger partial charge is 0.317 e.